The lowest BCUT2D eigenvalue weighted by molar-refractivity contribution is 0.376. The molecular weight excluding hydrogens is 244 g/mol. The molecule has 0 atom stereocenters. The fourth-order valence-electron chi connectivity index (χ4n) is 4.11. The molecule has 0 unspecified atom stereocenters. The first-order chi connectivity index (χ1) is 9.74. The zero-order valence-electron chi connectivity index (χ0n) is 12.4. The van der Waals surface area contributed by atoms with Crippen LogP contribution in [0.15, 0.2) is 24.3 Å². The van der Waals surface area contributed by atoms with Crippen molar-refractivity contribution in [1.82, 2.24) is 0 Å². The van der Waals surface area contributed by atoms with Gasteiger partial charge < -0.3 is 11.5 Å². The van der Waals surface area contributed by atoms with Crippen LogP contribution in [-0.2, 0) is 0 Å². The van der Waals surface area contributed by atoms with Crippen molar-refractivity contribution in [2.75, 3.05) is 0 Å². The van der Waals surface area contributed by atoms with Gasteiger partial charge in [-0.2, -0.15) is 0 Å². The number of benzene rings is 1. The van der Waals surface area contributed by atoms with Crippen LogP contribution in [0.5, 0.6) is 0 Å². The molecule has 0 radical (unpaired) electrons. The quantitative estimate of drug-likeness (QED) is 0.863. The Morgan fingerprint density at radius 2 is 0.950 bits per heavy atom. The van der Waals surface area contributed by atoms with Crippen LogP contribution in [-0.4, -0.2) is 12.1 Å². The molecule has 1 aromatic carbocycles. The maximum atomic E-state index is 6.06. The maximum Gasteiger partial charge on any atom is 0.00392 e. The highest BCUT2D eigenvalue weighted by atomic mass is 14.6. The fraction of sp³-hybridized carbons (Fsp3) is 0.667. The molecule has 0 amide bonds. The van der Waals surface area contributed by atoms with Gasteiger partial charge in [0.2, 0.25) is 0 Å². The summed E-state index contributed by atoms with van der Waals surface area (Å²) in [4.78, 5) is 0. The average molecular weight is 272 g/mol. The van der Waals surface area contributed by atoms with E-state index in [-0.39, 0.29) is 0 Å². The molecule has 2 aliphatic carbocycles. The van der Waals surface area contributed by atoms with Crippen molar-refractivity contribution >= 4 is 0 Å². The van der Waals surface area contributed by atoms with Crippen LogP contribution in [0.1, 0.15) is 74.3 Å². The summed E-state index contributed by atoms with van der Waals surface area (Å²) < 4.78 is 0. The molecule has 2 heteroatoms. The number of hydrogen-bond donors (Lipinski definition) is 2. The molecule has 3 rings (SSSR count). The van der Waals surface area contributed by atoms with Gasteiger partial charge in [-0.15, -0.1) is 0 Å². The molecule has 110 valence electrons. The van der Waals surface area contributed by atoms with Gasteiger partial charge >= 0.3 is 0 Å². The third-order valence-corrected chi connectivity index (χ3v) is 5.42. The van der Waals surface area contributed by atoms with Crippen LogP contribution in [0, 0.1) is 0 Å². The second kappa shape index (κ2) is 6.28. The Morgan fingerprint density at radius 1 is 0.600 bits per heavy atom. The summed E-state index contributed by atoms with van der Waals surface area (Å²) in [5.74, 6) is 1.48. The molecule has 0 spiro atoms. The van der Waals surface area contributed by atoms with Gasteiger partial charge in [0.05, 0.1) is 0 Å². The molecule has 4 N–H and O–H groups in total. The zero-order valence-corrected chi connectivity index (χ0v) is 12.4. The lowest BCUT2D eigenvalue weighted by Gasteiger charge is -2.32. The summed E-state index contributed by atoms with van der Waals surface area (Å²) in [7, 11) is 0. The summed E-state index contributed by atoms with van der Waals surface area (Å²) >= 11 is 0. The molecular formula is C18H28N2. The second-order valence-corrected chi connectivity index (χ2v) is 6.85. The summed E-state index contributed by atoms with van der Waals surface area (Å²) in [6.45, 7) is 0. The average Bonchev–Trinajstić information content (AvgIpc) is 2.49. The van der Waals surface area contributed by atoms with Gasteiger partial charge in [0, 0.05) is 12.1 Å². The topological polar surface area (TPSA) is 52.0 Å². The fourth-order valence-corrected chi connectivity index (χ4v) is 4.11. The van der Waals surface area contributed by atoms with Crippen LogP contribution in [0.4, 0.5) is 0 Å². The van der Waals surface area contributed by atoms with Crippen LogP contribution < -0.4 is 11.5 Å². The Kier molecular flexibility index (Phi) is 4.42. The van der Waals surface area contributed by atoms with Gasteiger partial charge in [0.25, 0.3) is 0 Å². The summed E-state index contributed by atoms with van der Waals surface area (Å²) in [5.41, 5.74) is 15.3. The minimum absolute atomic E-state index is 0.436. The summed E-state index contributed by atoms with van der Waals surface area (Å²) in [5, 5.41) is 0. The van der Waals surface area contributed by atoms with E-state index in [1.165, 1.54) is 51.4 Å². The largest absolute Gasteiger partial charge is 0.328 e. The van der Waals surface area contributed by atoms with Crippen LogP contribution in [0.25, 0.3) is 0 Å². The lowest BCUT2D eigenvalue weighted by Crippen LogP contribution is -2.27. The third kappa shape index (κ3) is 3.07. The minimum atomic E-state index is 0.436. The standard InChI is InChI=1S/C18H28N2/c19-15-9-5-13(6-10-15)17-3-1-2-4-18(17)14-7-11-16(20)12-8-14/h1-4,13-16H,5-12,19-20H2. The second-order valence-electron chi connectivity index (χ2n) is 6.85. The molecule has 0 aliphatic heterocycles. The number of nitrogens with two attached hydrogens (primary N) is 2. The predicted octanol–water partition coefficient (Wildman–Crippen LogP) is 3.66. The van der Waals surface area contributed by atoms with Gasteiger partial charge in [-0.25, -0.2) is 0 Å². The maximum absolute atomic E-state index is 6.06. The Bertz CT molecular complexity index is 386. The molecule has 2 nitrogen and oxygen atoms in total. The van der Waals surface area contributed by atoms with Gasteiger partial charge in [0.1, 0.15) is 0 Å². The van der Waals surface area contributed by atoms with Crippen molar-refractivity contribution in [2.45, 2.75) is 75.3 Å². The van der Waals surface area contributed by atoms with E-state index in [1.54, 1.807) is 11.1 Å². The Labute approximate surface area is 122 Å². The van der Waals surface area contributed by atoms with Crippen LogP contribution >= 0.6 is 0 Å². The smallest absolute Gasteiger partial charge is 0.00392 e. The Balaban J connectivity index is 1.77. The van der Waals surface area contributed by atoms with Crippen molar-refractivity contribution in [3.05, 3.63) is 35.4 Å². The van der Waals surface area contributed by atoms with Gasteiger partial charge in [-0.1, -0.05) is 24.3 Å². The van der Waals surface area contributed by atoms with E-state index in [4.69, 9.17) is 11.5 Å². The Hall–Kier alpha value is -0.860. The molecule has 2 fully saturated rings. The van der Waals surface area contributed by atoms with Crippen molar-refractivity contribution in [3.8, 4) is 0 Å². The molecule has 0 aromatic heterocycles. The van der Waals surface area contributed by atoms with Crippen molar-refractivity contribution < 1.29 is 0 Å². The zero-order chi connectivity index (χ0) is 13.9. The van der Waals surface area contributed by atoms with Gasteiger partial charge in [-0.3, -0.25) is 0 Å². The molecule has 1 aromatic rings. The van der Waals surface area contributed by atoms with E-state index in [0.717, 1.165) is 11.8 Å². The normalized spacial score (nSPS) is 34.9. The van der Waals surface area contributed by atoms with E-state index in [1.807, 2.05) is 0 Å². The first-order valence-corrected chi connectivity index (χ1v) is 8.34. The molecule has 0 saturated heterocycles. The van der Waals surface area contributed by atoms with E-state index in [2.05, 4.69) is 24.3 Å². The van der Waals surface area contributed by atoms with E-state index >= 15 is 0 Å². The van der Waals surface area contributed by atoms with E-state index in [9.17, 15) is 0 Å². The molecule has 2 saturated carbocycles. The van der Waals surface area contributed by atoms with Crippen molar-refractivity contribution in [2.24, 2.45) is 11.5 Å². The van der Waals surface area contributed by atoms with Crippen molar-refractivity contribution in [1.29, 1.82) is 0 Å². The highest BCUT2D eigenvalue weighted by Crippen LogP contribution is 2.40. The third-order valence-electron chi connectivity index (χ3n) is 5.42. The highest BCUT2D eigenvalue weighted by molar-refractivity contribution is 5.34. The Morgan fingerprint density at radius 3 is 1.30 bits per heavy atom. The molecule has 0 bridgehead atoms. The summed E-state index contributed by atoms with van der Waals surface area (Å²) in [6.07, 6.45) is 9.83. The minimum Gasteiger partial charge on any atom is -0.328 e. The number of rotatable bonds is 2. The first kappa shape index (κ1) is 14.1. The van der Waals surface area contributed by atoms with Gasteiger partial charge in [0.15, 0.2) is 0 Å². The lowest BCUT2D eigenvalue weighted by atomic mass is 9.74. The first-order valence-electron chi connectivity index (χ1n) is 8.34. The summed E-state index contributed by atoms with van der Waals surface area (Å²) in [6, 6.07) is 10.0. The van der Waals surface area contributed by atoms with Crippen LogP contribution in [0.3, 0.4) is 0 Å². The van der Waals surface area contributed by atoms with Crippen LogP contribution in [0.2, 0.25) is 0 Å². The SMILES string of the molecule is NC1CCC(c2ccccc2C2CCC(N)CC2)CC1. The van der Waals surface area contributed by atoms with E-state index < -0.39 is 0 Å². The molecule has 20 heavy (non-hydrogen) atoms. The highest BCUT2D eigenvalue weighted by Gasteiger charge is 2.26. The van der Waals surface area contributed by atoms with Crippen molar-refractivity contribution in [3.63, 3.8) is 0 Å². The molecule has 2 aliphatic rings. The van der Waals surface area contributed by atoms with E-state index in [0.29, 0.717) is 12.1 Å². The van der Waals surface area contributed by atoms with Gasteiger partial charge in [-0.05, 0) is 74.3 Å². The monoisotopic (exact) mass is 272 g/mol. The predicted molar refractivity (Wildman–Crippen MR) is 84.8 cm³/mol. The number of hydrogen-bond acceptors (Lipinski definition) is 2. The molecule has 0 heterocycles.